The summed E-state index contributed by atoms with van der Waals surface area (Å²) < 4.78 is 0.834. The molecule has 0 saturated carbocycles. The van der Waals surface area contributed by atoms with Crippen molar-refractivity contribution < 1.29 is 4.79 Å². The van der Waals surface area contributed by atoms with Crippen LogP contribution >= 0.6 is 15.9 Å². The van der Waals surface area contributed by atoms with E-state index in [1.54, 1.807) is 12.4 Å². The lowest BCUT2D eigenvalue weighted by Gasteiger charge is -2.32. The summed E-state index contributed by atoms with van der Waals surface area (Å²) in [6.07, 6.45) is 3.36. The smallest absolute Gasteiger partial charge is 0.242 e. The summed E-state index contributed by atoms with van der Waals surface area (Å²) in [5, 5.41) is 2.80. The lowest BCUT2D eigenvalue weighted by atomic mass is 10.2. The average Bonchev–Trinajstić information content (AvgIpc) is 2.24. The quantitative estimate of drug-likeness (QED) is 0.811. The van der Waals surface area contributed by atoms with Crippen molar-refractivity contribution in [2.75, 3.05) is 18.0 Å². The van der Waals surface area contributed by atoms with E-state index < -0.39 is 0 Å². The van der Waals surface area contributed by atoms with Gasteiger partial charge in [0.15, 0.2) is 0 Å². The van der Waals surface area contributed by atoms with Gasteiger partial charge in [0.25, 0.3) is 0 Å². The monoisotopic (exact) mass is 270 g/mol. The molecule has 1 aromatic rings. The van der Waals surface area contributed by atoms with Gasteiger partial charge < -0.3 is 10.2 Å². The average molecular weight is 271 g/mol. The molecule has 1 aromatic heterocycles. The second-order valence-corrected chi connectivity index (χ2v) is 4.28. The van der Waals surface area contributed by atoms with Gasteiger partial charge in [-0.15, -0.1) is 0 Å². The maximum absolute atomic E-state index is 11.4. The zero-order valence-corrected chi connectivity index (χ0v) is 9.86. The van der Waals surface area contributed by atoms with Crippen molar-refractivity contribution in [1.82, 2.24) is 15.3 Å². The van der Waals surface area contributed by atoms with Gasteiger partial charge in [-0.2, -0.15) is 0 Å². The van der Waals surface area contributed by atoms with Crippen LogP contribution < -0.4 is 10.2 Å². The minimum atomic E-state index is -0.208. The van der Waals surface area contributed by atoms with Crippen molar-refractivity contribution >= 4 is 27.8 Å². The number of rotatable bonds is 1. The van der Waals surface area contributed by atoms with Crippen molar-refractivity contribution in [3.63, 3.8) is 0 Å². The van der Waals surface area contributed by atoms with Gasteiger partial charge in [0.1, 0.15) is 6.04 Å². The van der Waals surface area contributed by atoms with Crippen LogP contribution in [-0.4, -0.2) is 35.0 Å². The first kappa shape index (κ1) is 10.4. The fraction of sp³-hybridized carbons (Fsp3) is 0.444. The molecule has 2 rings (SSSR count). The molecule has 1 unspecified atom stereocenters. The Bertz CT molecular complexity index is 367. The highest BCUT2D eigenvalue weighted by Gasteiger charge is 2.26. The number of nitrogens with one attached hydrogen (secondary N) is 1. The molecule has 0 aromatic carbocycles. The Hall–Kier alpha value is -1.17. The van der Waals surface area contributed by atoms with E-state index in [0.29, 0.717) is 12.5 Å². The molecule has 0 radical (unpaired) electrons. The molecule has 0 aliphatic carbocycles. The number of hydrogen-bond donors (Lipinski definition) is 1. The zero-order valence-electron chi connectivity index (χ0n) is 8.27. The van der Waals surface area contributed by atoms with Crippen LogP contribution in [0.1, 0.15) is 6.92 Å². The highest BCUT2D eigenvalue weighted by molar-refractivity contribution is 9.10. The summed E-state index contributed by atoms with van der Waals surface area (Å²) in [6.45, 7) is 3.23. The van der Waals surface area contributed by atoms with Gasteiger partial charge >= 0.3 is 0 Å². The van der Waals surface area contributed by atoms with E-state index in [9.17, 15) is 4.79 Å². The van der Waals surface area contributed by atoms with Gasteiger partial charge in [0, 0.05) is 25.5 Å². The van der Waals surface area contributed by atoms with Gasteiger partial charge in [-0.3, -0.25) is 4.79 Å². The molecule has 80 valence electrons. The highest BCUT2D eigenvalue weighted by Crippen LogP contribution is 2.14. The third kappa shape index (κ3) is 2.09. The third-order valence-electron chi connectivity index (χ3n) is 2.36. The van der Waals surface area contributed by atoms with Crippen molar-refractivity contribution in [3.05, 3.63) is 16.9 Å². The Morgan fingerprint density at radius 2 is 2.20 bits per heavy atom. The number of halogens is 1. The van der Waals surface area contributed by atoms with Crippen LogP contribution in [-0.2, 0) is 4.79 Å². The number of carbonyl (C=O) groups excluding carboxylic acids is 1. The van der Waals surface area contributed by atoms with Crippen LogP contribution in [0.2, 0.25) is 0 Å². The minimum absolute atomic E-state index is 0.0211. The Morgan fingerprint density at radius 3 is 2.87 bits per heavy atom. The van der Waals surface area contributed by atoms with Crippen LogP contribution in [0, 0.1) is 0 Å². The standard InChI is InChI=1S/C9H11BrN4O/c1-6-8(15)11-2-3-14(6)9-12-4-7(10)5-13-9/h4-6H,2-3H2,1H3,(H,11,15). The number of nitrogens with zero attached hydrogens (tertiary/aromatic N) is 3. The van der Waals surface area contributed by atoms with Crippen molar-refractivity contribution in [2.45, 2.75) is 13.0 Å². The summed E-state index contributed by atoms with van der Waals surface area (Å²) in [7, 11) is 0. The van der Waals surface area contributed by atoms with E-state index in [0.717, 1.165) is 11.0 Å². The second-order valence-electron chi connectivity index (χ2n) is 3.36. The van der Waals surface area contributed by atoms with Crippen LogP contribution in [0.5, 0.6) is 0 Å². The maximum atomic E-state index is 11.4. The SMILES string of the molecule is CC1C(=O)NCCN1c1ncc(Br)cn1. The summed E-state index contributed by atoms with van der Waals surface area (Å²) in [4.78, 5) is 21.7. The molecule has 1 atom stereocenters. The lowest BCUT2D eigenvalue weighted by molar-refractivity contribution is -0.122. The molecule has 6 heteroatoms. The molecule has 1 aliphatic heterocycles. The molecule has 1 fully saturated rings. The Balaban J connectivity index is 2.22. The predicted octanol–water partition coefficient (Wildman–Crippen LogP) is 0.564. The van der Waals surface area contributed by atoms with E-state index in [-0.39, 0.29) is 11.9 Å². The highest BCUT2D eigenvalue weighted by atomic mass is 79.9. The van der Waals surface area contributed by atoms with Crippen molar-refractivity contribution in [2.24, 2.45) is 0 Å². The summed E-state index contributed by atoms with van der Waals surface area (Å²) in [6, 6.07) is -0.208. The topological polar surface area (TPSA) is 58.1 Å². The molecule has 0 bridgehead atoms. The molecule has 15 heavy (non-hydrogen) atoms. The molecule has 5 nitrogen and oxygen atoms in total. The summed E-state index contributed by atoms with van der Waals surface area (Å²) in [5.41, 5.74) is 0. The van der Waals surface area contributed by atoms with Gasteiger partial charge in [0.2, 0.25) is 11.9 Å². The number of piperazine rings is 1. The minimum Gasteiger partial charge on any atom is -0.353 e. The predicted molar refractivity (Wildman–Crippen MR) is 59.5 cm³/mol. The second kappa shape index (κ2) is 4.14. The number of amides is 1. The fourth-order valence-electron chi connectivity index (χ4n) is 1.51. The molecule has 2 heterocycles. The molecule has 1 saturated heterocycles. The largest absolute Gasteiger partial charge is 0.353 e. The van der Waals surface area contributed by atoms with E-state index in [1.165, 1.54) is 0 Å². The van der Waals surface area contributed by atoms with Gasteiger partial charge in [-0.25, -0.2) is 9.97 Å². The van der Waals surface area contributed by atoms with E-state index in [4.69, 9.17) is 0 Å². The summed E-state index contributed by atoms with van der Waals surface area (Å²) in [5.74, 6) is 0.619. The molecule has 1 amide bonds. The number of hydrogen-bond acceptors (Lipinski definition) is 4. The molecule has 0 spiro atoms. The van der Waals surface area contributed by atoms with Gasteiger partial charge in [-0.05, 0) is 22.9 Å². The first-order chi connectivity index (χ1) is 7.18. The van der Waals surface area contributed by atoms with E-state index in [1.807, 2.05) is 11.8 Å². The van der Waals surface area contributed by atoms with Gasteiger partial charge in [-0.1, -0.05) is 0 Å². The third-order valence-corrected chi connectivity index (χ3v) is 2.77. The Kier molecular flexibility index (Phi) is 2.86. The normalized spacial score (nSPS) is 21.3. The van der Waals surface area contributed by atoms with Gasteiger partial charge in [0.05, 0.1) is 4.47 Å². The first-order valence-corrected chi connectivity index (χ1v) is 5.49. The van der Waals surface area contributed by atoms with E-state index in [2.05, 4.69) is 31.2 Å². The van der Waals surface area contributed by atoms with E-state index >= 15 is 0 Å². The Morgan fingerprint density at radius 1 is 1.53 bits per heavy atom. The maximum Gasteiger partial charge on any atom is 0.242 e. The first-order valence-electron chi connectivity index (χ1n) is 4.70. The summed E-state index contributed by atoms with van der Waals surface area (Å²) >= 11 is 3.27. The number of aromatic nitrogens is 2. The van der Waals surface area contributed by atoms with Crippen molar-refractivity contribution in [1.29, 1.82) is 0 Å². The van der Waals surface area contributed by atoms with Crippen LogP contribution in [0.4, 0.5) is 5.95 Å². The Labute approximate surface area is 96.0 Å². The molecular weight excluding hydrogens is 260 g/mol. The van der Waals surface area contributed by atoms with Crippen LogP contribution in [0.15, 0.2) is 16.9 Å². The van der Waals surface area contributed by atoms with Crippen LogP contribution in [0.3, 0.4) is 0 Å². The van der Waals surface area contributed by atoms with Crippen LogP contribution in [0.25, 0.3) is 0 Å². The fourth-order valence-corrected chi connectivity index (χ4v) is 1.71. The lowest BCUT2D eigenvalue weighted by Crippen LogP contribution is -2.54. The molecule has 1 aliphatic rings. The molecule has 1 N–H and O–H groups in total. The number of carbonyl (C=O) groups is 1. The van der Waals surface area contributed by atoms with Crippen molar-refractivity contribution in [3.8, 4) is 0 Å². The zero-order chi connectivity index (χ0) is 10.8. The number of anilines is 1. The molecular formula is C9H11BrN4O.